The molecule has 1 atom stereocenters. The van der Waals surface area contributed by atoms with E-state index in [2.05, 4.69) is 0 Å². The summed E-state index contributed by atoms with van der Waals surface area (Å²) in [5.74, 6) is -0.0245. The van der Waals surface area contributed by atoms with Gasteiger partial charge in [-0.2, -0.15) is 0 Å². The van der Waals surface area contributed by atoms with Gasteiger partial charge in [-0.1, -0.05) is 18.2 Å². The SMILES string of the molecule is CCOc1ccc(C2/C(=C(\O)c3cccc(OC)c3)C(=O)C(=O)N2CCCN(C)C)cc1OC. The molecule has 1 N–H and O–H groups in total. The summed E-state index contributed by atoms with van der Waals surface area (Å²) in [5.41, 5.74) is 1.08. The van der Waals surface area contributed by atoms with Crippen LogP contribution in [0.5, 0.6) is 17.2 Å². The molecule has 0 bridgehead atoms. The number of Topliss-reactive ketones (excluding diaryl/α,β-unsaturated/α-hetero) is 1. The minimum absolute atomic E-state index is 0.0364. The van der Waals surface area contributed by atoms with E-state index in [0.717, 1.165) is 6.54 Å². The number of methoxy groups -OCH3 is 2. The van der Waals surface area contributed by atoms with Crippen LogP contribution in [0.3, 0.4) is 0 Å². The zero-order valence-electron chi connectivity index (χ0n) is 20.3. The van der Waals surface area contributed by atoms with E-state index in [-0.39, 0.29) is 11.3 Å². The molecule has 182 valence electrons. The number of hydrogen-bond donors (Lipinski definition) is 1. The number of likely N-dealkylation sites (tertiary alicyclic amines) is 1. The summed E-state index contributed by atoms with van der Waals surface area (Å²) in [4.78, 5) is 29.8. The van der Waals surface area contributed by atoms with E-state index in [4.69, 9.17) is 14.2 Å². The van der Waals surface area contributed by atoms with Crippen LogP contribution in [0, 0.1) is 0 Å². The lowest BCUT2D eigenvalue weighted by Crippen LogP contribution is -2.32. The van der Waals surface area contributed by atoms with E-state index < -0.39 is 17.7 Å². The first-order chi connectivity index (χ1) is 16.3. The summed E-state index contributed by atoms with van der Waals surface area (Å²) >= 11 is 0. The van der Waals surface area contributed by atoms with Gasteiger partial charge in [-0.3, -0.25) is 9.59 Å². The van der Waals surface area contributed by atoms with Gasteiger partial charge in [0.15, 0.2) is 11.5 Å². The highest BCUT2D eigenvalue weighted by molar-refractivity contribution is 6.46. The molecule has 3 rings (SSSR count). The van der Waals surface area contributed by atoms with Crippen LogP contribution in [0.25, 0.3) is 5.76 Å². The number of carbonyl (C=O) groups excluding carboxylic acids is 2. The van der Waals surface area contributed by atoms with E-state index in [1.807, 2.05) is 25.9 Å². The van der Waals surface area contributed by atoms with Crippen molar-refractivity contribution in [2.75, 3.05) is 48.0 Å². The number of nitrogens with zero attached hydrogens (tertiary/aromatic N) is 2. The van der Waals surface area contributed by atoms with E-state index >= 15 is 0 Å². The number of benzene rings is 2. The molecule has 1 amide bonds. The van der Waals surface area contributed by atoms with Crippen LogP contribution in [0.1, 0.15) is 30.5 Å². The number of hydrogen-bond acceptors (Lipinski definition) is 7. The van der Waals surface area contributed by atoms with Crippen molar-refractivity contribution in [2.24, 2.45) is 0 Å². The van der Waals surface area contributed by atoms with Crippen molar-refractivity contribution in [2.45, 2.75) is 19.4 Å². The summed E-state index contributed by atoms with van der Waals surface area (Å²) in [5, 5.41) is 11.2. The summed E-state index contributed by atoms with van der Waals surface area (Å²) in [6.07, 6.45) is 0.671. The quantitative estimate of drug-likeness (QED) is 0.324. The number of amides is 1. The highest BCUT2D eigenvalue weighted by Gasteiger charge is 2.46. The highest BCUT2D eigenvalue weighted by Crippen LogP contribution is 2.42. The van der Waals surface area contributed by atoms with Crippen LogP contribution in [0.15, 0.2) is 48.0 Å². The molecule has 0 saturated carbocycles. The molecule has 0 aliphatic carbocycles. The molecule has 1 heterocycles. The van der Waals surface area contributed by atoms with Gasteiger partial charge in [-0.05, 0) is 63.8 Å². The molecule has 0 aromatic heterocycles. The second-order valence-electron chi connectivity index (χ2n) is 8.22. The Labute approximate surface area is 200 Å². The van der Waals surface area contributed by atoms with Gasteiger partial charge in [-0.25, -0.2) is 0 Å². The zero-order chi connectivity index (χ0) is 24.8. The number of carbonyl (C=O) groups is 2. The second-order valence-corrected chi connectivity index (χ2v) is 8.22. The predicted octanol–water partition coefficient (Wildman–Crippen LogP) is 3.48. The lowest BCUT2D eigenvalue weighted by Gasteiger charge is -2.26. The Kier molecular flexibility index (Phi) is 8.17. The van der Waals surface area contributed by atoms with Crippen LogP contribution >= 0.6 is 0 Å². The number of aliphatic hydroxyl groups is 1. The van der Waals surface area contributed by atoms with Crippen molar-refractivity contribution in [1.82, 2.24) is 9.80 Å². The Hall–Kier alpha value is -3.52. The fraction of sp³-hybridized carbons (Fsp3) is 0.385. The summed E-state index contributed by atoms with van der Waals surface area (Å²) in [7, 11) is 6.96. The lowest BCUT2D eigenvalue weighted by atomic mass is 9.95. The Balaban J connectivity index is 2.14. The monoisotopic (exact) mass is 468 g/mol. The van der Waals surface area contributed by atoms with Gasteiger partial charge >= 0.3 is 0 Å². The average Bonchev–Trinajstić information content (AvgIpc) is 3.08. The largest absolute Gasteiger partial charge is 0.507 e. The van der Waals surface area contributed by atoms with Crippen molar-refractivity contribution >= 4 is 17.4 Å². The minimum atomic E-state index is -0.766. The van der Waals surface area contributed by atoms with Crippen molar-refractivity contribution in [1.29, 1.82) is 0 Å². The first-order valence-corrected chi connectivity index (χ1v) is 11.2. The molecule has 34 heavy (non-hydrogen) atoms. The maximum Gasteiger partial charge on any atom is 0.295 e. The van der Waals surface area contributed by atoms with E-state index in [0.29, 0.717) is 47.9 Å². The molecule has 1 saturated heterocycles. The summed E-state index contributed by atoms with van der Waals surface area (Å²) in [6.45, 7) is 3.45. The zero-order valence-corrected chi connectivity index (χ0v) is 20.3. The van der Waals surface area contributed by atoms with Crippen LogP contribution < -0.4 is 14.2 Å². The average molecular weight is 469 g/mol. The molecule has 1 fully saturated rings. The second kappa shape index (κ2) is 11.1. The topological polar surface area (TPSA) is 88.5 Å². The molecule has 1 unspecified atom stereocenters. The summed E-state index contributed by atoms with van der Waals surface area (Å²) in [6, 6.07) is 11.3. The van der Waals surface area contributed by atoms with Crippen LogP contribution in [-0.2, 0) is 9.59 Å². The van der Waals surface area contributed by atoms with Crippen molar-refractivity contribution in [3.05, 3.63) is 59.2 Å². The molecule has 1 aliphatic rings. The van der Waals surface area contributed by atoms with E-state index in [1.165, 1.54) is 19.1 Å². The van der Waals surface area contributed by atoms with Gasteiger partial charge in [-0.15, -0.1) is 0 Å². The van der Waals surface area contributed by atoms with Gasteiger partial charge in [0.2, 0.25) is 0 Å². The molecular weight excluding hydrogens is 436 g/mol. The Morgan fingerprint density at radius 2 is 1.82 bits per heavy atom. The first-order valence-electron chi connectivity index (χ1n) is 11.2. The van der Waals surface area contributed by atoms with Crippen molar-refractivity contribution in [3.8, 4) is 17.2 Å². The van der Waals surface area contributed by atoms with E-state index in [1.54, 1.807) is 42.5 Å². The van der Waals surface area contributed by atoms with Crippen molar-refractivity contribution < 1.29 is 28.9 Å². The van der Waals surface area contributed by atoms with Gasteiger partial charge < -0.3 is 29.1 Å². The molecule has 0 spiro atoms. The third-order valence-corrected chi connectivity index (χ3v) is 5.69. The molecule has 2 aromatic carbocycles. The standard InChI is InChI=1S/C26H32N2O6/c1-6-34-20-12-11-17(16-21(20)33-5)23-22(24(29)18-9-7-10-19(15-18)32-4)25(30)26(31)28(23)14-8-13-27(2)3/h7,9-12,15-16,23,29H,6,8,13-14H2,1-5H3/b24-22+. The molecule has 2 aromatic rings. The lowest BCUT2D eigenvalue weighted by molar-refractivity contribution is -0.139. The van der Waals surface area contributed by atoms with Gasteiger partial charge in [0.25, 0.3) is 11.7 Å². The number of rotatable bonds is 10. The van der Waals surface area contributed by atoms with Gasteiger partial charge in [0.1, 0.15) is 11.5 Å². The Morgan fingerprint density at radius 3 is 2.47 bits per heavy atom. The highest BCUT2D eigenvalue weighted by atomic mass is 16.5. The summed E-state index contributed by atoms with van der Waals surface area (Å²) < 4.78 is 16.4. The fourth-order valence-corrected chi connectivity index (χ4v) is 4.07. The van der Waals surface area contributed by atoms with Crippen molar-refractivity contribution in [3.63, 3.8) is 0 Å². The van der Waals surface area contributed by atoms with Gasteiger partial charge in [0.05, 0.1) is 32.4 Å². The number of aliphatic hydroxyl groups excluding tert-OH is 1. The molecular formula is C26H32N2O6. The molecule has 1 aliphatic heterocycles. The Bertz CT molecular complexity index is 1080. The molecule has 8 nitrogen and oxygen atoms in total. The van der Waals surface area contributed by atoms with E-state index in [9.17, 15) is 14.7 Å². The fourth-order valence-electron chi connectivity index (χ4n) is 4.07. The third kappa shape index (κ3) is 5.17. The molecule has 8 heteroatoms. The maximum absolute atomic E-state index is 13.2. The first kappa shape index (κ1) is 25.1. The van der Waals surface area contributed by atoms with Crippen LogP contribution in [0.2, 0.25) is 0 Å². The number of ether oxygens (including phenoxy) is 3. The predicted molar refractivity (Wildman–Crippen MR) is 129 cm³/mol. The Morgan fingerprint density at radius 1 is 1.06 bits per heavy atom. The van der Waals surface area contributed by atoms with Crippen LogP contribution in [-0.4, -0.2) is 74.6 Å². The third-order valence-electron chi connectivity index (χ3n) is 5.69. The maximum atomic E-state index is 13.2. The number of ketones is 1. The van der Waals surface area contributed by atoms with Crippen LogP contribution in [0.4, 0.5) is 0 Å². The smallest absolute Gasteiger partial charge is 0.295 e. The normalized spacial score (nSPS) is 17.4. The molecule has 0 radical (unpaired) electrons. The van der Waals surface area contributed by atoms with Gasteiger partial charge in [0, 0.05) is 12.1 Å². The minimum Gasteiger partial charge on any atom is -0.507 e.